The van der Waals surface area contributed by atoms with Gasteiger partial charge < -0.3 is 27.9 Å². The van der Waals surface area contributed by atoms with Gasteiger partial charge in [-0.1, -0.05) is 139 Å². The maximum absolute atomic E-state index is 12.7. The molecule has 0 saturated carbocycles. The first-order chi connectivity index (χ1) is 27.0. The van der Waals surface area contributed by atoms with Crippen molar-refractivity contribution in [3.63, 3.8) is 0 Å². The highest BCUT2D eigenvalue weighted by atomic mass is 31.2. The first-order valence-corrected chi connectivity index (χ1v) is 23.5. The number of unbranched alkanes of at least 4 members (excludes halogenated alkanes) is 15. The van der Waals surface area contributed by atoms with Crippen molar-refractivity contribution in [3.8, 4) is 0 Å². The van der Waals surface area contributed by atoms with Crippen LogP contribution >= 0.6 is 7.82 Å². The van der Waals surface area contributed by atoms with Crippen molar-refractivity contribution in [2.24, 2.45) is 0 Å². The van der Waals surface area contributed by atoms with E-state index >= 15 is 0 Å². The smallest absolute Gasteiger partial charge is 0.306 e. The van der Waals surface area contributed by atoms with E-state index in [1.807, 2.05) is 21.1 Å². The summed E-state index contributed by atoms with van der Waals surface area (Å²) in [5.41, 5.74) is 0. The Morgan fingerprint density at radius 3 is 1.52 bits per heavy atom. The average Bonchev–Trinajstić information content (AvgIpc) is 3.15. The molecule has 0 heterocycles. The fourth-order valence-corrected chi connectivity index (χ4v) is 6.31. The van der Waals surface area contributed by atoms with Gasteiger partial charge in [-0.25, -0.2) is 0 Å². The van der Waals surface area contributed by atoms with Crippen molar-refractivity contribution in [3.05, 3.63) is 60.8 Å². The summed E-state index contributed by atoms with van der Waals surface area (Å²) in [7, 11) is 1.14. The maximum Gasteiger partial charge on any atom is 0.306 e. The molecule has 324 valence electrons. The van der Waals surface area contributed by atoms with E-state index in [9.17, 15) is 19.0 Å². The number of hydrogen-bond donors (Lipinski definition) is 0. The molecule has 0 radical (unpaired) electrons. The molecule has 0 aliphatic heterocycles. The Morgan fingerprint density at radius 1 is 0.571 bits per heavy atom. The van der Waals surface area contributed by atoms with Crippen LogP contribution in [-0.2, 0) is 32.7 Å². The Hall–Kier alpha value is -2.29. The van der Waals surface area contributed by atoms with Crippen LogP contribution in [-0.4, -0.2) is 70.0 Å². The average molecular weight is 808 g/mol. The molecule has 56 heavy (non-hydrogen) atoms. The number of hydrogen-bond acceptors (Lipinski definition) is 8. The molecule has 10 heteroatoms. The second-order valence-electron chi connectivity index (χ2n) is 15.7. The lowest BCUT2D eigenvalue weighted by Gasteiger charge is -2.28. The summed E-state index contributed by atoms with van der Waals surface area (Å²) in [6, 6.07) is 0. The van der Waals surface area contributed by atoms with Gasteiger partial charge in [0, 0.05) is 12.8 Å². The molecular weight excluding hydrogens is 725 g/mol. The van der Waals surface area contributed by atoms with Crippen LogP contribution in [0.15, 0.2) is 60.8 Å². The Bertz CT molecular complexity index is 1140. The van der Waals surface area contributed by atoms with Gasteiger partial charge in [0.25, 0.3) is 7.82 Å². The van der Waals surface area contributed by atoms with E-state index in [4.69, 9.17) is 18.5 Å². The number of likely N-dealkylation sites (N-methyl/N-ethyl adjacent to an activating group) is 1. The number of phosphoric acid groups is 1. The minimum Gasteiger partial charge on any atom is -0.756 e. The van der Waals surface area contributed by atoms with Gasteiger partial charge in [0.2, 0.25) is 0 Å². The third-order valence-electron chi connectivity index (χ3n) is 9.02. The number of rotatable bonds is 39. The normalized spacial score (nSPS) is 14.2. The van der Waals surface area contributed by atoms with Crippen LogP contribution in [0.5, 0.6) is 0 Å². The van der Waals surface area contributed by atoms with Crippen molar-refractivity contribution in [1.82, 2.24) is 0 Å². The Balaban J connectivity index is 4.40. The lowest BCUT2D eigenvalue weighted by atomic mass is 10.1. The molecule has 0 rings (SSSR count). The van der Waals surface area contributed by atoms with E-state index in [0.29, 0.717) is 17.4 Å². The lowest BCUT2D eigenvalue weighted by molar-refractivity contribution is -0.870. The zero-order valence-corrected chi connectivity index (χ0v) is 37.2. The number of allylic oxidation sites excluding steroid dienone is 10. The highest BCUT2D eigenvalue weighted by Gasteiger charge is 2.21. The van der Waals surface area contributed by atoms with E-state index < -0.39 is 32.5 Å². The fraction of sp³-hybridized carbons (Fsp3) is 0.739. The zero-order chi connectivity index (χ0) is 41.4. The number of ether oxygens (including phenoxy) is 2. The van der Waals surface area contributed by atoms with Crippen molar-refractivity contribution >= 4 is 19.8 Å². The number of esters is 2. The third-order valence-corrected chi connectivity index (χ3v) is 9.99. The number of carbonyl (C=O) groups excluding carboxylic acids is 2. The minimum absolute atomic E-state index is 0.0384. The summed E-state index contributed by atoms with van der Waals surface area (Å²) in [4.78, 5) is 37.5. The predicted octanol–water partition coefficient (Wildman–Crippen LogP) is 11.8. The molecule has 0 spiro atoms. The molecule has 9 nitrogen and oxygen atoms in total. The highest BCUT2D eigenvalue weighted by Crippen LogP contribution is 2.38. The zero-order valence-electron chi connectivity index (χ0n) is 36.3. The number of nitrogens with zero attached hydrogens (tertiary/aromatic N) is 1. The van der Waals surface area contributed by atoms with Crippen LogP contribution in [0.1, 0.15) is 168 Å². The van der Waals surface area contributed by atoms with Gasteiger partial charge in [0.05, 0.1) is 27.7 Å². The molecule has 0 amide bonds. The Labute approximate surface area is 343 Å². The van der Waals surface area contributed by atoms with Gasteiger partial charge in [-0.2, -0.15) is 0 Å². The number of carbonyl (C=O) groups is 2. The molecule has 0 N–H and O–H groups in total. The van der Waals surface area contributed by atoms with Gasteiger partial charge in [0.1, 0.15) is 19.8 Å². The van der Waals surface area contributed by atoms with E-state index in [1.165, 1.54) is 44.9 Å². The molecule has 2 atom stereocenters. The molecule has 1 unspecified atom stereocenters. The predicted molar refractivity (Wildman–Crippen MR) is 231 cm³/mol. The molecule has 0 aromatic carbocycles. The SMILES string of the molecule is CC/C=C\C/C=C\C/C=C\CCCCCCCC(=O)O[C@H](COC(=O)CCCCCCCCC/C=C\C/C=C\CCCCC)COP(=O)([O-])OCC[N+](C)(C)C. The molecule has 0 aliphatic rings. The van der Waals surface area contributed by atoms with Crippen LogP contribution in [0.2, 0.25) is 0 Å². The van der Waals surface area contributed by atoms with Crippen molar-refractivity contribution in [1.29, 1.82) is 0 Å². The standard InChI is InChI=1S/C46H82NO8P/c1-6-8-10-12-14-16-18-20-22-23-25-26-28-30-32-34-36-38-45(48)52-42-44(43-54-56(50,51)53-41-40-47(3,4)5)55-46(49)39-37-35-33-31-29-27-24-21-19-17-15-13-11-9-7-2/h9,11,14-17,20-22,24,44H,6-8,10,12-13,18-19,23,25-43H2,1-5H3/b11-9-,16-14-,17-15-,22-20-,24-21-/t44-/m1/s1. The molecule has 0 bridgehead atoms. The summed E-state index contributed by atoms with van der Waals surface area (Å²) in [6.45, 7) is 4.05. The number of phosphoric ester groups is 1. The van der Waals surface area contributed by atoms with E-state index in [-0.39, 0.29) is 26.1 Å². The lowest BCUT2D eigenvalue weighted by Crippen LogP contribution is -2.37. The van der Waals surface area contributed by atoms with Crippen LogP contribution < -0.4 is 4.89 Å². The first-order valence-electron chi connectivity index (χ1n) is 22.0. The molecule has 0 aromatic heterocycles. The minimum atomic E-state index is -4.63. The Morgan fingerprint density at radius 2 is 1.02 bits per heavy atom. The molecule has 0 fully saturated rings. The Kier molecular flexibility index (Phi) is 36.7. The largest absolute Gasteiger partial charge is 0.756 e. The highest BCUT2D eigenvalue weighted by molar-refractivity contribution is 7.45. The van der Waals surface area contributed by atoms with Gasteiger partial charge >= 0.3 is 11.9 Å². The van der Waals surface area contributed by atoms with Crippen molar-refractivity contribution in [2.75, 3.05) is 47.5 Å². The quantitative estimate of drug-likeness (QED) is 0.0198. The fourth-order valence-electron chi connectivity index (χ4n) is 5.58. The summed E-state index contributed by atoms with van der Waals surface area (Å²) in [6.07, 6.45) is 45.3. The summed E-state index contributed by atoms with van der Waals surface area (Å²) in [5, 5.41) is 0. The second-order valence-corrected chi connectivity index (χ2v) is 17.1. The topological polar surface area (TPSA) is 111 Å². The van der Waals surface area contributed by atoms with Crippen molar-refractivity contribution < 1.29 is 42.1 Å². The summed E-state index contributed by atoms with van der Waals surface area (Å²) < 4.78 is 33.9. The van der Waals surface area contributed by atoms with Crippen LogP contribution in [0.25, 0.3) is 0 Å². The van der Waals surface area contributed by atoms with Gasteiger partial charge in [-0.3, -0.25) is 14.2 Å². The molecule has 0 aliphatic carbocycles. The summed E-state index contributed by atoms with van der Waals surface area (Å²) in [5.74, 6) is -0.867. The van der Waals surface area contributed by atoms with Crippen LogP contribution in [0.3, 0.4) is 0 Å². The molecule has 0 aromatic rings. The second kappa shape index (κ2) is 38.2. The first kappa shape index (κ1) is 53.7. The van der Waals surface area contributed by atoms with Gasteiger partial charge in [0.15, 0.2) is 6.10 Å². The monoisotopic (exact) mass is 808 g/mol. The maximum atomic E-state index is 12.7. The molecular formula is C46H82NO8P. The van der Waals surface area contributed by atoms with Crippen molar-refractivity contribution in [2.45, 2.75) is 174 Å². The van der Waals surface area contributed by atoms with Crippen LogP contribution in [0.4, 0.5) is 0 Å². The van der Waals surface area contributed by atoms with Gasteiger partial charge in [-0.15, -0.1) is 0 Å². The van der Waals surface area contributed by atoms with E-state index in [0.717, 1.165) is 89.9 Å². The number of quaternary nitrogens is 1. The summed E-state index contributed by atoms with van der Waals surface area (Å²) >= 11 is 0. The molecule has 0 saturated heterocycles. The van der Waals surface area contributed by atoms with Gasteiger partial charge in [-0.05, 0) is 77.0 Å². The third kappa shape index (κ3) is 41.3. The van der Waals surface area contributed by atoms with Crippen LogP contribution in [0, 0.1) is 0 Å². The van der Waals surface area contributed by atoms with E-state index in [1.54, 1.807) is 0 Å². The van der Waals surface area contributed by atoms with E-state index in [2.05, 4.69) is 74.6 Å².